The van der Waals surface area contributed by atoms with Crippen LogP contribution in [-0.2, 0) is 4.79 Å². The van der Waals surface area contributed by atoms with E-state index in [1.165, 1.54) is 11.8 Å². The third kappa shape index (κ3) is 4.55. The Bertz CT molecular complexity index is 418. The quantitative estimate of drug-likeness (QED) is 0.614. The average molecular weight is 265 g/mol. The van der Waals surface area contributed by atoms with Crippen LogP contribution in [0.4, 0.5) is 0 Å². The summed E-state index contributed by atoms with van der Waals surface area (Å²) in [5.41, 5.74) is 0.860. The molecule has 0 aliphatic carbocycles. The molecule has 0 spiro atoms. The zero-order valence-corrected chi connectivity index (χ0v) is 11.5. The zero-order valence-electron chi connectivity index (χ0n) is 10.7. The molecule has 1 aromatic rings. The molecular formula is C14H19NO2S. The molecule has 0 saturated carbocycles. The highest BCUT2D eigenvalue weighted by molar-refractivity contribution is 8.00. The number of amides is 1. The molecule has 1 aromatic carbocycles. The monoisotopic (exact) mass is 265 g/mol. The van der Waals surface area contributed by atoms with Crippen molar-refractivity contribution in [3.63, 3.8) is 0 Å². The highest BCUT2D eigenvalue weighted by Crippen LogP contribution is 2.26. The summed E-state index contributed by atoms with van der Waals surface area (Å²) >= 11 is 1.48. The van der Waals surface area contributed by atoms with Gasteiger partial charge in [0.15, 0.2) is 0 Å². The van der Waals surface area contributed by atoms with Crippen molar-refractivity contribution < 1.29 is 9.90 Å². The van der Waals surface area contributed by atoms with Gasteiger partial charge in [-0.25, -0.2) is 0 Å². The van der Waals surface area contributed by atoms with Gasteiger partial charge in [0.1, 0.15) is 0 Å². The molecule has 0 bridgehead atoms. The fourth-order valence-corrected chi connectivity index (χ4v) is 2.38. The first-order chi connectivity index (χ1) is 8.54. The molecule has 0 radical (unpaired) electrons. The summed E-state index contributed by atoms with van der Waals surface area (Å²) in [6.07, 6.45) is 1.17. The topological polar surface area (TPSA) is 49.3 Å². The van der Waals surface area contributed by atoms with Crippen molar-refractivity contribution >= 4 is 17.7 Å². The second kappa shape index (κ2) is 7.24. The Kier molecular flexibility index (Phi) is 5.95. The van der Waals surface area contributed by atoms with Crippen molar-refractivity contribution in [2.24, 2.45) is 0 Å². The molecule has 2 atom stereocenters. The Morgan fingerprint density at radius 2 is 2.28 bits per heavy atom. The average Bonchev–Trinajstić information content (AvgIpc) is 2.36. The third-order valence-electron chi connectivity index (χ3n) is 2.44. The second-order valence-electron chi connectivity index (χ2n) is 4.04. The summed E-state index contributed by atoms with van der Waals surface area (Å²) in [7, 11) is 0. The lowest BCUT2D eigenvalue weighted by molar-refractivity contribution is -0.120. The smallest absolute Gasteiger partial charge is 0.233 e. The van der Waals surface area contributed by atoms with Crippen LogP contribution in [0.1, 0.15) is 25.5 Å². The van der Waals surface area contributed by atoms with Crippen LogP contribution in [0.2, 0.25) is 0 Å². The molecule has 1 rings (SSSR count). The second-order valence-corrected chi connectivity index (χ2v) is 5.46. The van der Waals surface area contributed by atoms with Gasteiger partial charge in [-0.05, 0) is 31.5 Å². The summed E-state index contributed by atoms with van der Waals surface area (Å²) in [6.45, 7) is 7.63. The van der Waals surface area contributed by atoms with E-state index in [9.17, 15) is 9.90 Å². The Hall–Kier alpha value is -1.26. The van der Waals surface area contributed by atoms with E-state index in [1.54, 1.807) is 13.0 Å². The van der Waals surface area contributed by atoms with E-state index < -0.39 is 6.10 Å². The lowest BCUT2D eigenvalue weighted by atomic mass is 10.1. The van der Waals surface area contributed by atoms with Gasteiger partial charge in [0, 0.05) is 11.4 Å². The maximum absolute atomic E-state index is 11.7. The Balaban J connectivity index is 2.63. The number of carbonyl (C=O) groups is 1. The standard InChI is InChI=1S/C14H19NO2S/c1-4-8-15-14(17)11(3)18-13-7-5-6-12(9-13)10(2)16/h4-7,9-11,16H,1,8H2,2-3H3,(H,15,17). The van der Waals surface area contributed by atoms with Crippen LogP contribution in [0.3, 0.4) is 0 Å². The van der Waals surface area contributed by atoms with Gasteiger partial charge in [0.25, 0.3) is 0 Å². The summed E-state index contributed by atoms with van der Waals surface area (Å²) in [5, 5.41) is 12.1. The van der Waals surface area contributed by atoms with Gasteiger partial charge in [-0.15, -0.1) is 18.3 Å². The van der Waals surface area contributed by atoms with Crippen LogP contribution >= 0.6 is 11.8 Å². The predicted octanol–water partition coefficient (Wildman–Crippen LogP) is 2.52. The van der Waals surface area contributed by atoms with Gasteiger partial charge < -0.3 is 10.4 Å². The molecule has 1 amide bonds. The van der Waals surface area contributed by atoms with Gasteiger partial charge in [-0.2, -0.15) is 0 Å². The number of aliphatic hydroxyl groups is 1. The van der Waals surface area contributed by atoms with Crippen molar-refractivity contribution in [1.29, 1.82) is 0 Å². The highest BCUT2D eigenvalue weighted by Gasteiger charge is 2.13. The largest absolute Gasteiger partial charge is 0.389 e. The van der Waals surface area contributed by atoms with E-state index in [1.807, 2.05) is 31.2 Å². The summed E-state index contributed by atoms with van der Waals surface area (Å²) in [6, 6.07) is 7.61. The fraction of sp³-hybridized carbons (Fsp3) is 0.357. The van der Waals surface area contributed by atoms with Crippen LogP contribution < -0.4 is 5.32 Å². The number of carbonyl (C=O) groups excluding carboxylic acids is 1. The van der Waals surface area contributed by atoms with Crippen LogP contribution in [0.5, 0.6) is 0 Å². The summed E-state index contributed by atoms with van der Waals surface area (Å²) < 4.78 is 0. The Morgan fingerprint density at radius 1 is 1.56 bits per heavy atom. The number of aliphatic hydroxyl groups excluding tert-OH is 1. The number of nitrogens with one attached hydrogen (secondary N) is 1. The minimum atomic E-state index is -0.490. The van der Waals surface area contributed by atoms with Gasteiger partial charge in [-0.3, -0.25) is 4.79 Å². The number of hydrogen-bond donors (Lipinski definition) is 2. The van der Waals surface area contributed by atoms with E-state index >= 15 is 0 Å². The first-order valence-corrected chi connectivity index (χ1v) is 6.76. The van der Waals surface area contributed by atoms with Gasteiger partial charge in [0.2, 0.25) is 5.91 Å². The maximum atomic E-state index is 11.7. The number of rotatable bonds is 6. The van der Waals surface area contributed by atoms with E-state index in [4.69, 9.17) is 0 Å². The van der Waals surface area contributed by atoms with Crippen molar-refractivity contribution in [3.05, 3.63) is 42.5 Å². The highest BCUT2D eigenvalue weighted by atomic mass is 32.2. The van der Waals surface area contributed by atoms with Crippen LogP contribution in [0, 0.1) is 0 Å². The molecule has 18 heavy (non-hydrogen) atoms. The zero-order chi connectivity index (χ0) is 13.5. The molecule has 3 nitrogen and oxygen atoms in total. The molecule has 0 aliphatic heterocycles. The molecule has 2 N–H and O–H groups in total. The summed E-state index contributed by atoms with van der Waals surface area (Å²) in [4.78, 5) is 12.7. The minimum absolute atomic E-state index is 0.0117. The first kappa shape index (κ1) is 14.8. The molecule has 0 aromatic heterocycles. The molecule has 0 aliphatic rings. The molecule has 2 unspecified atom stereocenters. The first-order valence-electron chi connectivity index (χ1n) is 5.88. The van der Waals surface area contributed by atoms with Crippen LogP contribution in [-0.4, -0.2) is 22.8 Å². The van der Waals surface area contributed by atoms with Crippen molar-refractivity contribution in [2.45, 2.75) is 30.1 Å². The van der Waals surface area contributed by atoms with Crippen molar-refractivity contribution in [1.82, 2.24) is 5.32 Å². The molecule has 4 heteroatoms. The summed E-state index contributed by atoms with van der Waals surface area (Å²) in [5.74, 6) is -0.0117. The Labute approximate surface area is 112 Å². The molecule has 0 saturated heterocycles. The normalized spacial score (nSPS) is 13.7. The molecule has 0 heterocycles. The SMILES string of the molecule is C=CCNC(=O)C(C)Sc1cccc(C(C)O)c1. The van der Waals surface area contributed by atoms with Crippen molar-refractivity contribution in [3.8, 4) is 0 Å². The van der Waals surface area contributed by atoms with Crippen molar-refractivity contribution in [2.75, 3.05) is 6.54 Å². The third-order valence-corrected chi connectivity index (χ3v) is 3.54. The lowest BCUT2D eigenvalue weighted by Gasteiger charge is -2.12. The molecule has 98 valence electrons. The lowest BCUT2D eigenvalue weighted by Crippen LogP contribution is -2.30. The predicted molar refractivity (Wildman–Crippen MR) is 75.6 cm³/mol. The minimum Gasteiger partial charge on any atom is -0.389 e. The van der Waals surface area contributed by atoms with Gasteiger partial charge >= 0.3 is 0 Å². The molecule has 0 fully saturated rings. The number of benzene rings is 1. The maximum Gasteiger partial charge on any atom is 0.233 e. The Morgan fingerprint density at radius 3 is 2.89 bits per heavy atom. The van der Waals surface area contributed by atoms with E-state index in [0.29, 0.717) is 6.54 Å². The number of thioether (sulfide) groups is 1. The molecular weight excluding hydrogens is 246 g/mol. The van der Waals surface area contributed by atoms with E-state index in [-0.39, 0.29) is 11.2 Å². The van der Waals surface area contributed by atoms with E-state index in [2.05, 4.69) is 11.9 Å². The fourth-order valence-electron chi connectivity index (χ4n) is 1.42. The van der Waals surface area contributed by atoms with Gasteiger partial charge in [0.05, 0.1) is 11.4 Å². The van der Waals surface area contributed by atoms with Crippen LogP contribution in [0.25, 0.3) is 0 Å². The van der Waals surface area contributed by atoms with Crippen LogP contribution in [0.15, 0.2) is 41.8 Å². The number of hydrogen-bond acceptors (Lipinski definition) is 3. The van der Waals surface area contributed by atoms with Gasteiger partial charge in [-0.1, -0.05) is 18.2 Å². The van der Waals surface area contributed by atoms with E-state index in [0.717, 1.165) is 10.5 Å².